The molecule has 5 heteroatoms. The molecule has 1 aliphatic rings. The smallest absolute Gasteiger partial charge is 0.411 e. The molecule has 1 rings (SSSR count). The number of hydrogen-bond donors (Lipinski definition) is 1. The van der Waals surface area contributed by atoms with E-state index in [2.05, 4.69) is 5.32 Å². The van der Waals surface area contributed by atoms with Gasteiger partial charge in [-0.1, -0.05) is 0 Å². The third-order valence-corrected chi connectivity index (χ3v) is 2.43. The Morgan fingerprint density at radius 1 is 1.38 bits per heavy atom. The highest BCUT2D eigenvalue weighted by molar-refractivity contribution is 5.85. The van der Waals surface area contributed by atoms with Crippen molar-refractivity contribution in [2.45, 2.75) is 51.8 Å². The molecule has 1 atom stereocenters. The van der Waals surface area contributed by atoms with E-state index in [1.807, 2.05) is 20.8 Å². The molecule has 1 fully saturated rings. The lowest BCUT2D eigenvalue weighted by Crippen LogP contribution is -2.50. The molecule has 1 N–H and O–H groups in total. The van der Waals surface area contributed by atoms with Crippen molar-refractivity contribution in [2.24, 2.45) is 0 Å². The van der Waals surface area contributed by atoms with Gasteiger partial charge in [0, 0.05) is 7.05 Å². The van der Waals surface area contributed by atoms with Crippen molar-refractivity contribution in [1.82, 2.24) is 10.2 Å². The van der Waals surface area contributed by atoms with Gasteiger partial charge in [-0.15, -0.1) is 12.4 Å². The molecule has 0 aromatic carbocycles. The Morgan fingerprint density at radius 2 is 2.00 bits per heavy atom. The molecule has 4 nitrogen and oxygen atoms in total. The Labute approximate surface area is 104 Å². The molecule has 0 aromatic rings. The normalized spacial score (nSPS) is 20.9. The van der Waals surface area contributed by atoms with Gasteiger partial charge in [0.05, 0.1) is 6.17 Å². The molecule has 0 aliphatic carbocycles. The highest BCUT2D eigenvalue weighted by Gasteiger charge is 2.25. The zero-order chi connectivity index (χ0) is 11.5. The van der Waals surface area contributed by atoms with Crippen molar-refractivity contribution in [3.63, 3.8) is 0 Å². The predicted molar refractivity (Wildman–Crippen MR) is 66.9 cm³/mol. The van der Waals surface area contributed by atoms with Crippen LogP contribution in [0.2, 0.25) is 0 Å². The van der Waals surface area contributed by atoms with Crippen molar-refractivity contribution in [2.75, 3.05) is 13.6 Å². The largest absolute Gasteiger partial charge is 0.444 e. The maximum absolute atomic E-state index is 11.7. The van der Waals surface area contributed by atoms with Gasteiger partial charge in [-0.25, -0.2) is 4.79 Å². The fourth-order valence-electron chi connectivity index (χ4n) is 1.63. The molecular weight excluding hydrogens is 228 g/mol. The van der Waals surface area contributed by atoms with Gasteiger partial charge in [-0.3, -0.25) is 10.2 Å². The number of nitrogens with one attached hydrogen (secondary N) is 1. The van der Waals surface area contributed by atoms with Crippen LogP contribution in [0.15, 0.2) is 0 Å². The monoisotopic (exact) mass is 250 g/mol. The summed E-state index contributed by atoms with van der Waals surface area (Å²) >= 11 is 0. The molecule has 1 saturated heterocycles. The van der Waals surface area contributed by atoms with Crippen molar-refractivity contribution < 1.29 is 9.53 Å². The molecular formula is C11H23ClN2O2. The van der Waals surface area contributed by atoms with Crippen LogP contribution < -0.4 is 5.32 Å². The molecule has 1 aliphatic heterocycles. The number of halogens is 1. The van der Waals surface area contributed by atoms with Crippen LogP contribution in [0.25, 0.3) is 0 Å². The molecule has 0 spiro atoms. The van der Waals surface area contributed by atoms with E-state index in [9.17, 15) is 4.79 Å². The van der Waals surface area contributed by atoms with Crippen LogP contribution in [0.4, 0.5) is 4.79 Å². The number of carbonyl (C=O) groups excluding carboxylic acids is 1. The molecule has 0 saturated carbocycles. The summed E-state index contributed by atoms with van der Waals surface area (Å²) in [5, 5.41) is 3.31. The maximum Gasteiger partial charge on any atom is 0.411 e. The molecule has 0 aromatic heterocycles. The van der Waals surface area contributed by atoms with Gasteiger partial charge < -0.3 is 4.74 Å². The first kappa shape index (κ1) is 15.5. The summed E-state index contributed by atoms with van der Waals surface area (Å²) in [4.78, 5) is 13.4. The number of rotatable bonds is 1. The third kappa shape index (κ3) is 5.03. The first-order valence-electron chi connectivity index (χ1n) is 5.59. The second-order valence-electron chi connectivity index (χ2n) is 5.06. The Morgan fingerprint density at radius 3 is 2.44 bits per heavy atom. The lowest BCUT2D eigenvalue weighted by molar-refractivity contribution is 0.0163. The average molecular weight is 251 g/mol. The average Bonchev–Trinajstić information content (AvgIpc) is 2.15. The second kappa shape index (κ2) is 6.30. The van der Waals surface area contributed by atoms with E-state index in [1.165, 1.54) is 12.8 Å². The minimum Gasteiger partial charge on any atom is -0.444 e. The molecule has 1 amide bonds. The molecule has 0 unspecified atom stereocenters. The third-order valence-electron chi connectivity index (χ3n) is 2.43. The Bertz CT molecular complexity index is 223. The molecule has 16 heavy (non-hydrogen) atoms. The van der Waals surface area contributed by atoms with Crippen molar-refractivity contribution in [3.05, 3.63) is 0 Å². The number of nitrogens with zero attached hydrogens (tertiary/aromatic N) is 1. The number of carbonyl (C=O) groups is 1. The lowest BCUT2D eigenvalue weighted by atomic mass is 10.1. The predicted octanol–water partition coefficient (Wildman–Crippen LogP) is 2.37. The molecule has 96 valence electrons. The van der Waals surface area contributed by atoms with Crippen LogP contribution in [-0.2, 0) is 4.74 Å². The van der Waals surface area contributed by atoms with E-state index >= 15 is 0 Å². The van der Waals surface area contributed by atoms with Crippen molar-refractivity contribution in [1.29, 1.82) is 0 Å². The van der Waals surface area contributed by atoms with Crippen LogP contribution in [0.5, 0.6) is 0 Å². The second-order valence-corrected chi connectivity index (χ2v) is 5.06. The summed E-state index contributed by atoms with van der Waals surface area (Å²) in [6.45, 7) is 6.63. The Hall–Kier alpha value is -0.480. The Kier molecular flexibility index (Phi) is 6.11. The molecule has 0 radical (unpaired) electrons. The standard InChI is InChI=1S/C11H22N2O2.ClH/c1-11(2,3)15-10(14)13(4)9-7-5-6-8-12-9;/h9,12H,5-8H2,1-4H3;1H/t9-;/m0./s1. The van der Waals surface area contributed by atoms with Crippen molar-refractivity contribution in [3.8, 4) is 0 Å². The number of piperidine rings is 1. The Balaban J connectivity index is 0.00000225. The fraction of sp³-hybridized carbons (Fsp3) is 0.909. The van der Waals surface area contributed by atoms with Gasteiger partial charge in [-0.05, 0) is 46.6 Å². The first-order valence-corrected chi connectivity index (χ1v) is 5.59. The number of amides is 1. The number of hydrogen-bond acceptors (Lipinski definition) is 3. The van der Waals surface area contributed by atoms with Crippen LogP contribution in [0, 0.1) is 0 Å². The molecule has 0 bridgehead atoms. The summed E-state index contributed by atoms with van der Waals surface area (Å²) in [5.41, 5.74) is -0.417. The highest BCUT2D eigenvalue weighted by Crippen LogP contribution is 2.14. The zero-order valence-electron chi connectivity index (χ0n) is 10.6. The van der Waals surface area contributed by atoms with Gasteiger partial charge >= 0.3 is 6.09 Å². The minimum atomic E-state index is -0.417. The summed E-state index contributed by atoms with van der Waals surface area (Å²) in [6, 6.07) is 0. The maximum atomic E-state index is 11.7. The summed E-state index contributed by atoms with van der Waals surface area (Å²) in [7, 11) is 1.79. The highest BCUT2D eigenvalue weighted by atomic mass is 35.5. The van der Waals surface area contributed by atoms with E-state index in [0.29, 0.717) is 0 Å². The van der Waals surface area contributed by atoms with Gasteiger partial charge in [0.1, 0.15) is 5.60 Å². The summed E-state index contributed by atoms with van der Waals surface area (Å²) < 4.78 is 5.30. The van der Waals surface area contributed by atoms with Crippen LogP contribution in [0.1, 0.15) is 40.0 Å². The van der Waals surface area contributed by atoms with Crippen molar-refractivity contribution >= 4 is 18.5 Å². The van der Waals surface area contributed by atoms with E-state index in [1.54, 1.807) is 11.9 Å². The van der Waals surface area contributed by atoms with Gasteiger partial charge in [0.15, 0.2) is 0 Å². The topological polar surface area (TPSA) is 41.6 Å². The quantitative estimate of drug-likeness (QED) is 0.777. The number of ether oxygens (including phenoxy) is 1. The summed E-state index contributed by atoms with van der Waals surface area (Å²) in [6.07, 6.45) is 3.26. The van der Waals surface area contributed by atoms with Crippen LogP contribution >= 0.6 is 12.4 Å². The lowest BCUT2D eigenvalue weighted by Gasteiger charge is -2.33. The SMILES string of the molecule is CN(C(=O)OC(C)(C)C)[C@H]1CCCCN1.Cl. The van der Waals surface area contributed by atoms with E-state index < -0.39 is 5.60 Å². The van der Waals surface area contributed by atoms with Gasteiger partial charge in [0.25, 0.3) is 0 Å². The minimum absolute atomic E-state index is 0. The van der Waals surface area contributed by atoms with Crippen LogP contribution in [0.3, 0.4) is 0 Å². The fourth-order valence-corrected chi connectivity index (χ4v) is 1.63. The van der Waals surface area contributed by atoms with E-state index in [4.69, 9.17) is 4.74 Å². The van der Waals surface area contributed by atoms with Gasteiger partial charge in [-0.2, -0.15) is 0 Å². The zero-order valence-corrected chi connectivity index (χ0v) is 11.4. The molecule has 1 heterocycles. The first-order chi connectivity index (χ1) is 6.90. The van der Waals surface area contributed by atoms with E-state index in [0.717, 1.165) is 13.0 Å². The summed E-state index contributed by atoms with van der Waals surface area (Å²) in [5.74, 6) is 0. The van der Waals surface area contributed by atoms with Gasteiger partial charge in [0.2, 0.25) is 0 Å². The van der Waals surface area contributed by atoms with Crippen LogP contribution in [-0.4, -0.2) is 36.4 Å². The van der Waals surface area contributed by atoms with E-state index in [-0.39, 0.29) is 24.7 Å².